The Bertz CT molecular complexity index is 690. The lowest BCUT2D eigenvalue weighted by atomic mass is 10.1. The summed E-state index contributed by atoms with van der Waals surface area (Å²) >= 11 is 5.91. The van der Waals surface area contributed by atoms with Crippen LogP contribution in [0.5, 0.6) is 0 Å². The van der Waals surface area contributed by atoms with E-state index in [1.807, 2.05) is 42.5 Å². The third kappa shape index (κ3) is 3.24. The Balaban J connectivity index is 1.60. The molecular weight excluding hydrogens is 300 g/mol. The number of hydrogen-bond donors (Lipinski definition) is 3. The molecule has 2 aromatic carbocycles. The van der Waals surface area contributed by atoms with Crippen molar-refractivity contribution in [3.63, 3.8) is 0 Å². The van der Waals surface area contributed by atoms with Gasteiger partial charge in [-0.2, -0.15) is 0 Å². The van der Waals surface area contributed by atoms with E-state index in [-0.39, 0.29) is 12.1 Å². The Kier molecular flexibility index (Phi) is 4.32. The molecule has 3 rings (SSSR count). The zero-order chi connectivity index (χ0) is 15.5. The molecule has 2 atom stereocenters. The third-order valence-electron chi connectivity index (χ3n) is 3.83. The van der Waals surface area contributed by atoms with Gasteiger partial charge < -0.3 is 15.7 Å². The maximum Gasteiger partial charge on any atom is 0.315 e. The normalized spacial score (nSPS) is 19.5. The zero-order valence-corrected chi connectivity index (χ0v) is 12.7. The highest BCUT2D eigenvalue weighted by atomic mass is 35.5. The van der Waals surface area contributed by atoms with Crippen LogP contribution in [0.1, 0.15) is 22.7 Å². The summed E-state index contributed by atoms with van der Waals surface area (Å²) in [7, 11) is 0. The van der Waals surface area contributed by atoms with Crippen LogP contribution in [-0.2, 0) is 13.0 Å². The molecule has 2 aromatic rings. The van der Waals surface area contributed by atoms with Gasteiger partial charge in [0, 0.05) is 18.0 Å². The molecule has 1 aliphatic rings. The van der Waals surface area contributed by atoms with E-state index in [2.05, 4.69) is 10.6 Å². The molecule has 0 aliphatic heterocycles. The molecule has 3 N–H and O–H groups in total. The number of halogens is 1. The fourth-order valence-corrected chi connectivity index (χ4v) is 2.98. The fourth-order valence-electron chi connectivity index (χ4n) is 2.77. The van der Waals surface area contributed by atoms with Crippen LogP contribution in [0.25, 0.3) is 0 Å². The molecule has 114 valence electrons. The quantitative estimate of drug-likeness (QED) is 0.815. The van der Waals surface area contributed by atoms with Crippen molar-refractivity contribution in [2.75, 3.05) is 0 Å². The first-order valence-corrected chi connectivity index (χ1v) is 7.56. The van der Waals surface area contributed by atoms with Gasteiger partial charge in [0.1, 0.15) is 0 Å². The van der Waals surface area contributed by atoms with Crippen LogP contribution in [0.4, 0.5) is 4.79 Å². The standard InChI is InChI=1S/C17H17ClN2O2/c18-13-6-3-4-11(8-13)10-19-17(22)20-16-14-7-2-1-5-12(14)9-15(16)21/h1-8,15-16,21H,9-10H2,(H2,19,20,22)/t15-,16+/m1/s1. The van der Waals surface area contributed by atoms with Crippen molar-refractivity contribution < 1.29 is 9.90 Å². The van der Waals surface area contributed by atoms with Gasteiger partial charge in [0.05, 0.1) is 12.1 Å². The van der Waals surface area contributed by atoms with E-state index < -0.39 is 6.10 Å². The minimum Gasteiger partial charge on any atom is -0.390 e. The van der Waals surface area contributed by atoms with E-state index in [4.69, 9.17) is 11.6 Å². The highest BCUT2D eigenvalue weighted by molar-refractivity contribution is 6.30. The summed E-state index contributed by atoms with van der Waals surface area (Å²) in [6.07, 6.45) is -0.0237. The molecule has 0 spiro atoms. The van der Waals surface area contributed by atoms with Gasteiger partial charge in [-0.3, -0.25) is 0 Å². The SMILES string of the molecule is O=C(NCc1cccc(Cl)c1)N[C@H]1c2ccccc2C[C@H]1O. The Morgan fingerprint density at radius 3 is 2.86 bits per heavy atom. The van der Waals surface area contributed by atoms with Gasteiger partial charge >= 0.3 is 6.03 Å². The van der Waals surface area contributed by atoms with Crippen LogP contribution in [-0.4, -0.2) is 17.2 Å². The summed E-state index contributed by atoms with van der Waals surface area (Å²) < 4.78 is 0. The number of fused-ring (bicyclic) bond motifs is 1. The van der Waals surface area contributed by atoms with Crippen molar-refractivity contribution in [2.24, 2.45) is 0 Å². The van der Waals surface area contributed by atoms with Gasteiger partial charge in [0.15, 0.2) is 0 Å². The molecule has 22 heavy (non-hydrogen) atoms. The summed E-state index contributed by atoms with van der Waals surface area (Å²) in [5, 5.41) is 16.4. The maximum atomic E-state index is 12.0. The topological polar surface area (TPSA) is 61.4 Å². The fraction of sp³-hybridized carbons (Fsp3) is 0.235. The molecule has 0 aromatic heterocycles. The monoisotopic (exact) mass is 316 g/mol. The lowest BCUT2D eigenvalue weighted by Crippen LogP contribution is -2.40. The van der Waals surface area contributed by atoms with Crippen LogP contribution >= 0.6 is 11.6 Å². The van der Waals surface area contributed by atoms with Gasteiger partial charge in [0.25, 0.3) is 0 Å². The van der Waals surface area contributed by atoms with Gasteiger partial charge in [-0.25, -0.2) is 4.79 Å². The second-order valence-corrected chi connectivity index (χ2v) is 5.84. The Hall–Kier alpha value is -2.04. The summed E-state index contributed by atoms with van der Waals surface area (Å²) in [5.41, 5.74) is 2.98. The number of hydrogen-bond acceptors (Lipinski definition) is 2. The van der Waals surface area contributed by atoms with E-state index in [9.17, 15) is 9.90 Å². The minimum absolute atomic E-state index is 0.305. The molecule has 1 aliphatic carbocycles. The van der Waals surface area contributed by atoms with Crippen LogP contribution in [0.2, 0.25) is 5.02 Å². The van der Waals surface area contributed by atoms with Crippen molar-refractivity contribution in [3.05, 3.63) is 70.2 Å². The summed E-state index contributed by atoms with van der Waals surface area (Å²) in [5.74, 6) is 0. The van der Waals surface area contributed by atoms with E-state index in [0.717, 1.165) is 16.7 Å². The average Bonchev–Trinajstić information content (AvgIpc) is 2.81. The summed E-state index contributed by atoms with van der Waals surface area (Å²) in [6.45, 7) is 0.386. The molecule has 2 amide bonds. The molecule has 0 unspecified atom stereocenters. The van der Waals surface area contributed by atoms with Crippen LogP contribution < -0.4 is 10.6 Å². The van der Waals surface area contributed by atoms with Gasteiger partial charge in [-0.1, -0.05) is 48.0 Å². The number of nitrogens with one attached hydrogen (secondary N) is 2. The smallest absolute Gasteiger partial charge is 0.315 e. The first-order chi connectivity index (χ1) is 10.6. The number of rotatable bonds is 3. The Morgan fingerprint density at radius 1 is 1.23 bits per heavy atom. The molecule has 0 bridgehead atoms. The van der Waals surface area contributed by atoms with Gasteiger partial charge in [0.2, 0.25) is 0 Å². The van der Waals surface area contributed by atoms with E-state index in [0.29, 0.717) is 18.0 Å². The number of urea groups is 1. The highest BCUT2D eigenvalue weighted by Crippen LogP contribution is 2.31. The first-order valence-electron chi connectivity index (χ1n) is 7.18. The second-order valence-electron chi connectivity index (χ2n) is 5.40. The van der Waals surface area contributed by atoms with E-state index in [1.54, 1.807) is 6.07 Å². The van der Waals surface area contributed by atoms with Gasteiger partial charge in [-0.05, 0) is 28.8 Å². The predicted molar refractivity (Wildman–Crippen MR) is 85.7 cm³/mol. The second kappa shape index (κ2) is 6.38. The predicted octanol–water partition coefficient (Wildman–Crippen LogP) is 2.80. The average molecular weight is 317 g/mol. The number of aliphatic hydroxyl groups is 1. The van der Waals surface area contributed by atoms with E-state index >= 15 is 0 Å². The number of carbonyl (C=O) groups is 1. The molecular formula is C17H17ClN2O2. The van der Waals surface area contributed by atoms with Crippen molar-refractivity contribution in [3.8, 4) is 0 Å². The number of aliphatic hydroxyl groups excluding tert-OH is 1. The summed E-state index contributed by atoms with van der Waals surface area (Å²) in [6, 6.07) is 14.4. The molecule has 0 saturated heterocycles. The number of carbonyl (C=O) groups excluding carboxylic acids is 1. The lowest BCUT2D eigenvalue weighted by molar-refractivity contribution is 0.142. The maximum absolute atomic E-state index is 12.0. The molecule has 4 nitrogen and oxygen atoms in total. The summed E-state index contributed by atoms with van der Waals surface area (Å²) in [4.78, 5) is 12.0. The first kappa shape index (κ1) is 14.9. The number of amides is 2. The molecule has 0 radical (unpaired) electrons. The van der Waals surface area contributed by atoms with Crippen molar-refractivity contribution in [2.45, 2.75) is 25.1 Å². The van der Waals surface area contributed by atoms with Crippen LogP contribution in [0.15, 0.2) is 48.5 Å². The Morgan fingerprint density at radius 2 is 2.05 bits per heavy atom. The largest absolute Gasteiger partial charge is 0.390 e. The number of benzene rings is 2. The Labute approximate surface area is 134 Å². The highest BCUT2D eigenvalue weighted by Gasteiger charge is 2.31. The minimum atomic E-state index is -0.589. The zero-order valence-electron chi connectivity index (χ0n) is 11.9. The van der Waals surface area contributed by atoms with Crippen molar-refractivity contribution in [1.82, 2.24) is 10.6 Å². The molecule has 0 saturated carbocycles. The van der Waals surface area contributed by atoms with Gasteiger partial charge in [-0.15, -0.1) is 0 Å². The third-order valence-corrected chi connectivity index (χ3v) is 4.07. The van der Waals surface area contributed by atoms with Crippen molar-refractivity contribution >= 4 is 17.6 Å². The lowest BCUT2D eigenvalue weighted by Gasteiger charge is -2.18. The van der Waals surface area contributed by atoms with Crippen LogP contribution in [0, 0.1) is 0 Å². The molecule has 5 heteroatoms. The molecule has 0 fully saturated rings. The van der Waals surface area contributed by atoms with Crippen molar-refractivity contribution in [1.29, 1.82) is 0 Å². The van der Waals surface area contributed by atoms with E-state index in [1.165, 1.54) is 0 Å². The van der Waals surface area contributed by atoms with Crippen LogP contribution in [0.3, 0.4) is 0 Å². The molecule has 0 heterocycles.